The molecule has 2 heteroatoms. The summed E-state index contributed by atoms with van der Waals surface area (Å²) in [6.07, 6.45) is 19.1. The molecule has 3 aliphatic rings. The van der Waals surface area contributed by atoms with E-state index in [1.165, 1.54) is 82.0 Å². The zero-order chi connectivity index (χ0) is 19.7. The van der Waals surface area contributed by atoms with Crippen LogP contribution >= 0.6 is 0 Å². The van der Waals surface area contributed by atoms with E-state index in [1.807, 2.05) is 13.8 Å². The molecule has 0 bridgehead atoms. The average molecular weight is 374 g/mol. The molecule has 0 spiro atoms. The van der Waals surface area contributed by atoms with Crippen molar-refractivity contribution in [1.29, 1.82) is 0 Å². The molecule has 2 fully saturated rings. The Hall–Kier alpha value is -1.02. The molecule has 0 N–H and O–H groups in total. The molecule has 27 heavy (non-hydrogen) atoms. The molecule has 0 aromatic rings. The highest BCUT2D eigenvalue weighted by atomic mass is 16.5. The summed E-state index contributed by atoms with van der Waals surface area (Å²) in [6.45, 7) is 15.3. The Morgan fingerprint density at radius 2 is 1.81 bits per heavy atom. The van der Waals surface area contributed by atoms with Crippen molar-refractivity contribution in [2.75, 3.05) is 13.2 Å². The van der Waals surface area contributed by atoms with Crippen LogP contribution in [0.2, 0.25) is 0 Å². The smallest absolute Gasteiger partial charge is 0.0575 e. The van der Waals surface area contributed by atoms with Crippen LogP contribution in [0.5, 0.6) is 0 Å². The number of rotatable bonds is 8. The van der Waals surface area contributed by atoms with Gasteiger partial charge in [-0.25, -0.2) is 0 Å². The van der Waals surface area contributed by atoms with Crippen molar-refractivity contribution in [3.63, 3.8) is 0 Å². The number of allylic oxidation sites excluding steroid dienone is 4. The second-order valence-electron chi connectivity index (χ2n) is 8.10. The standard InChI is InChI=1S/C23H37NO.C2H6/c1-4-15-23(16-5-2)19(3)24(22-14-7-6-13-21(22)23)17-10-12-20-11-8-9-18-25-20;1-2/h13-14,20H,3-12,15-18H2,1-2H3;1-2H3. The van der Waals surface area contributed by atoms with Crippen LogP contribution in [0.4, 0.5) is 0 Å². The van der Waals surface area contributed by atoms with Gasteiger partial charge in [-0.15, -0.1) is 0 Å². The third kappa shape index (κ3) is 4.88. The minimum absolute atomic E-state index is 0.205. The van der Waals surface area contributed by atoms with Gasteiger partial charge < -0.3 is 9.64 Å². The van der Waals surface area contributed by atoms with Crippen molar-refractivity contribution in [1.82, 2.24) is 4.90 Å². The minimum Gasteiger partial charge on any atom is -0.378 e. The summed E-state index contributed by atoms with van der Waals surface area (Å²) in [5, 5.41) is 0. The summed E-state index contributed by atoms with van der Waals surface area (Å²) in [4.78, 5) is 2.57. The molecule has 0 aromatic heterocycles. The van der Waals surface area contributed by atoms with E-state index in [0.29, 0.717) is 6.10 Å². The van der Waals surface area contributed by atoms with E-state index in [-0.39, 0.29) is 5.41 Å². The zero-order valence-electron chi connectivity index (χ0n) is 18.5. The van der Waals surface area contributed by atoms with E-state index in [2.05, 4.69) is 37.5 Å². The zero-order valence-corrected chi connectivity index (χ0v) is 18.5. The lowest BCUT2D eigenvalue weighted by Gasteiger charge is -2.32. The van der Waals surface area contributed by atoms with Crippen LogP contribution in [-0.4, -0.2) is 24.2 Å². The molecule has 1 unspecified atom stereocenters. The number of hydrogen-bond acceptors (Lipinski definition) is 2. The SMILES string of the molecule is C=C1N(CCCC2CCCCO2)C2=CCCC=C2C1(CCC)CCC.CC. The molecule has 2 nitrogen and oxygen atoms in total. The fourth-order valence-electron chi connectivity index (χ4n) is 5.22. The lowest BCUT2D eigenvalue weighted by molar-refractivity contribution is 0.00940. The topological polar surface area (TPSA) is 12.5 Å². The number of fused-ring (bicyclic) bond motifs is 1. The van der Waals surface area contributed by atoms with E-state index in [9.17, 15) is 0 Å². The Balaban J connectivity index is 0.00000126. The van der Waals surface area contributed by atoms with Crippen LogP contribution in [0.1, 0.15) is 98.3 Å². The Labute approximate surface area is 168 Å². The lowest BCUT2D eigenvalue weighted by atomic mass is 9.71. The van der Waals surface area contributed by atoms with Crippen molar-refractivity contribution in [3.05, 3.63) is 35.7 Å². The van der Waals surface area contributed by atoms with Gasteiger partial charge in [0.05, 0.1) is 6.10 Å². The van der Waals surface area contributed by atoms with Gasteiger partial charge in [0.1, 0.15) is 0 Å². The second-order valence-corrected chi connectivity index (χ2v) is 8.10. The number of nitrogens with zero attached hydrogens (tertiary/aromatic N) is 1. The first-order valence-electron chi connectivity index (χ1n) is 11.7. The fraction of sp³-hybridized carbons (Fsp3) is 0.760. The van der Waals surface area contributed by atoms with Crippen molar-refractivity contribution in [2.24, 2.45) is 5.41 Å². The highest BCUT2D eigenvalue weighted by Gasteiger charge is 2.47. The first-order chi connectivity index (χ1) is 13.2. The van der Waals surface area contributed by atoms with Crippen molar-refractivity contribution in [3.8, 4) is 0 Å². The van der Waals surface area contributed by atoms with Crippen molar-refractivity contribution < 1.29 is 4.74 Å². The van der Waals surface area contributed by atoms with Crippen LogP contribution in [0, 0.1) is 5.41 Å². The minimum atomic E-state index is 0.205. The van der Waals surface area contributed by atoms with Gasteiger partial charge in [0.15, 0.2) is 0 Å². The quantitative estimate of drug-likeness (QED) is 0.440. The van der Waals surface area contributed by atoms with E-state index < -0.39 is 0 Å². The molecule has 1 aliphatic carbocycles. The molecule has 2 aliphatic heterocycles. The largest absolute Gasteiger partial charge is 0.378 e. The van der Waals surface area contributed by atoms with Gasteiger partial charge in [-0.3, -0.25) is 0 Å². The monoisotopic (exact) mass is 373 g/mol. The molecular weight excluding hydrogens is 330 g/mol. The molecule has 2 heterocycles. The first kappa shape index (κ1) is 22.3. The third-order valence-electron chi connectivity index (χ3n) is 6.35. The van der Waals surface area contributed by atoms with Gasteiger partial charge >= 0.3 is 0 Å². The fourth-order valence-corrected chi connectivity index (χ4v) is 5.22. The van der Waals surface area contributed by atoms with Crippen LogP contribution in [0.3, 0.4) is 0 Å². The molecule has 0 amide bonds. The average Bonchev–Trinajstić information content (AvgIpc) is 2.94. The maximum Gasteiger partial charge on any atom is 0.0575 e. The maximum absolute atomic E-state index is 5.93. The number of hydrogen-bond donors (Lipinski definition) is 0. The predicted molar refractivity (Wildman–Crippen MR) is 118 cm³/mol. The maximum atomic E-state index is 5.93. The summed E-state index contributed by atoms with van der Waals surface area (Å²) in [5.74, 6) is 0. The van der Waals surface area contributed by atoms with E-state index in [4.69, 9.17) is 4.74 Å². The molecule has 3 rings (SSSR count). The predicted octanol–water partition coefficient (Wildman–Crippen LogP) is 7.38. The van der Waals surface area contributed by atoms with Gasteiger partial charge in [0, 0.05) is 30.0 Å². The van der Waals surface area contributed by atoms with Crippen molar-refractivity contribution in [2.45, 2.75) is 104 Å². The van der Waals surface area contributed by atoms with Gasteiger partial charge in [0.25, 0.3) is 0 Å². The molecule has 2 saturated heterocycles. The Bertz CT molecular complexity index is 518. The van der Waals surface area contributed by atoms with Crippen molar-refractivity contribution >= 4 is 0 Å². The second kappa shape index (κ2) is 11.1. The van der Waals surface area contributed by atoms with Gasteiger partial charge in [-0.2, -0.15) is 0 Å². The summed E-state index contributed by atoms with van der Waals surface area (Å²) in [6, 6.07) is 0. The summed E-state index contributed by atoms with van der Waals surface area (Å²) in [7, 11) is 0. The molecular formula is C25H43NO. The molecule has 0 saturated carbocycles. The van der Waals surface area contributed by atoms with Crippen LogP contribution in [0.15, 0.2) is 35.7 Å². The van der Waals surface area contributed by atoms with Crippen LogP contribution in [-0.2, 0) is 4.74 Å². The Morgan fingerprint density at radius 3 is 2.44 bits per heavy atom. The van der Waals surface area contributed by atoms with Gasteiger partial charge in [0.2, 0.25) is 0 Å². The number of likely N-dealkylation sites (tertiary alicyclic amines) is 1. The highest BCUT2D eigenvalue weighted by molar-refractivity contribution is 5.51. The first-order valence-corrected chi connectivity index (χ1v) is 11.7. The van der Waals surface area contributed by atoms with Gasteiger partial charge in [-0.05, 0) is 63.4 Å². The summed E-state index contributed by atoms with van der Waals surface area (Å²) >= 11 is 0. The van der Waals surface area contributed by atoms with E-state index >= 15 is 0 Å². The van der Waals surface area contributed by atoms with E-state index in [1.54, 1.807) is 5.57 Å². The molecule has 154 valence electrons. The van der Waals surface area contributed by atoms with E-state index in [0.717, 1.165) is 13.2 Å². The summed E-state index contributed by atoms with van der Waals surface area (Å²) in [5.41, 5.74) is 4.67. The van der Waals surface area contributed by atoms with Crippen LogP contribution in [0.25, 0.3) is 0 Å². The summed E-state index contributed by atoms with van der Waals surface area (Å²) < 4.78 is 5.93. The highest BCUT2D eigenvalue weighted by Crippen LogP contribution is 2.56. The Kier molecular flexibility index (Phi) is 9.15. The third-order valence-corrected chi connectivity index (χ3v) is 6.35. The molecule has 1 atom stereocenters. The molecule has 0 radical (unpaired) electrons. The Morgan fingerprint density at radius 1 is 1.11 bits per heavy atom. The molecule has 0 aromatic carbocycles. The van der Waals surface area contributed by atoms with Gasteiger partial charge in [-0.1, -0.05) is 59.3 Å². The number of ether oxygens (including phenoxy) is 1. The normalized spacial score (nSPS) is 23.9. The lowest BCUT2D eigenvalue weighted by Crippen LogP contribution is -2.26. The van der Waals surface area contributed by atoms with Crippen LogP contribution < -0.4 is 0 Å².